The van der Waals surface area contributed by atoms with E-state index in [-0.39, 0.29) is 5.54 Å². The molecule has 0 atom stereocenters. The van der Waals surface area contributed by atoms with E-state index in [1.165, 1.54) is 0 Å². The van der Waals surface area contributed by atoms with E-state index in [1.54, 1.807) is 7.11 Å². The molecule has 0 bridgehead atoms. The minimum atomic E-state index is 0.0752. The number of likely N-dealkylation sites (N-methyl/N-ethyl adjacent to an activating group) is 1. The van der Waals surface area contributed by atoms with Crippen LogP contribution in [-0.2, 0) is 9.47 Å². The largest absolute Gasteiger partial charge is 0.383 e. The Morgan fingerprint density at radius 1 is 1.44 bits per heavy atom. The highest BCUT2D eigenvalue weighted by Crippen LogP contribution is 2.26. The van der Waals surface area contributed by atoms with Crippen LogP contribution in [0.25, 0.3) is 0 Å². The van der Waals surface area contributed by atoms with Gasteiger partial charge in [0.2, 0.25) is 0 Å². The lowest BCUT2D eigenvalue weighted by atomic mass is 9.89. The molecule has 1 heterocycles. The molecule has 0 radical (unpaired) electrons. The molecule has 0 unspecified atom stereocenters. The smallest absolute Gasteiger partial charge is 0.188 e. The second-order valence-corrected chi connectivity index (χ2v) is 4.85. The van der Waals surface area contributed by atoms with Gasteiger partial charge in [0.25, 0.3) is 0 Å². The number of hydrogen-bond acceptors (Lipinski definition) is 4. The Hall–Kier alpha value is -0.850. The molecule has 0 spiro atoms. The van der Waals surface area contributed by atoms with Gasteiger partial charge in [-0.25, -0.2) is 0 Å². The fourth-order valence-electron chi connectivity index (χ4n) is 2.07. The van der Waals surface area contributed by atoms with Gasteiger partial charge in [0.1, 0.15) is 0 Å². The quantitative estimate of drug-likeness (QED) is 0.387. The Bertz CT molecular complexity index is 263. The monoisotopic (exact) mass is 258 g/mol. The van der Waals surface area contributed by atoms with E-state index in [9.17, 15) is 0 Å². The van der Waals surface area contributed by atoms with Crippen LogP contribution >= 0.6 is 0 Å². The van der Waals surface area contributed by atoms with Gasteiger partial charge in [-0.2, -0.15) is 0 Å². The summed E-state index contributed by atoms with van der Waals surface area (Å²) in [6, 6.07) is 0. The maximum atomic E-state index is 5.82. The van der Waals surface area contributed by atoms with Crippen molar-refractivity contribution in [2.24, 2.45) is 10.7 Å². The lowest BCUT2D eigenvalue weighted by Crippen LogP contribution is -2.51. The Morgan fingerprint density at radius 2 is 2.11 bits per heavy atom. The van der Waals surface area contributed by atoms with Crippen LogP contribution in [0.3, 0.4) is 0 Å². The van der Waals surface area contributed by atoms with E-state index in [4.69, 9.17) is 15.2 Å². The summed E-state index contributed by atoms with van der Waals surface area (Å²) in [5.74, 6) is 0.486. The van der Waals surface area contributed by atoms with Gasteiger partial charge in [0, 0.05) is 32.4 Å². The molecule has 0 aromatic heterocycles. The Balaban J connectivity index is 2.48. The predicted molar refractivity (Wildman–Crippen MR) is 72.8 cm³/mol. The van der Waals surface area contributed by atoms with Crippen molar-refractivity contribution in [2.75, 3.05) is 54.1 Å². The first kappa shape index (κ1) is 15.2. The molecule has 106 valence electrons. The molecule has 6 heteroatoms. The van der Waals surface area contributed by atoms with Crippen molar-refractivity contribution in [3.63, 3.8) is 0 Å². The summed E-state index contributed by atoms with van der Waals surface area (Å²) in [7, 11) is 5.85. The molecule has 6 nitrogen and oxygen atoms in total. The zero-order chi connectivity index (χ0) is 13.4. The van der Waals surface area contributed by atoms with E-state index in [1.807, 2.05) is 0 Å². The summed E-state index contributed by atoms with van der Waals surface area (Å²) < 4.78 is 10.4. The van der Waals surface area contributed by atoms with Crippen LogP contribution in [0.1, 0.15) is 12.8 Å². The van der Waals surface area contributed by atoms with Gasteiger partial charge in [-0.05, 0) is 26.9 Å². The third-order valence-corrected chi connectivity index (χ3v) is 3.53. The van der Waals surface area contributed by atoms with E-state index < -0.39 is 0 Å². The number of aliphatic imine (C=N–C) groups is 1. The number of rotatable bonds is 6. The fourth-order valence-corrected chi connectivity index (χ4v) is 2.07. The maximum absolute atomic E-state index is 5.82. The summed E-state index contributed by atoms with van der Waals surface area (Å²) in [5.41, 5.74) is 5.90. The Labute approximate surface area is 110 Å². The number of methoxy groups -OCH3 is 1. The van der Waals surface area contributed by atoms with Crippen molar-refractivity contribution < 1.29 is 9.47 Å². The average molecular weight is 258 g/mol. The topological polar surface area (TPSA) is 72.1 Å². The van der Waals surface area contributed by atoms with E-state index in [0.717, 1.165) is 26.1 Å². The Morgan fingerprint density at radius 3 is 2.67 bits per heavy atom. The van der Waals surface area contributed by atoms with Crippen molar-refractivity contribution in [1.29, 1.82) is 0 Å². The second-order valence-electron chi connectivity index (χ2n) is 4.85. The second kappa shape index (κ2) is 7.56. The summed E-state index contributed by atoms with van der Waals surface area (Å²) in [5, 5.41) is 3.03. The molecule has 18 heavy (non-hydrogen) atoms. The van der Waals surface area contributed by atoms with Crippen molar-refractivity contribution in [3.05, 3.63) is 0 Å². The number of nitrogens with two attached hydrogens (primary N) is 1. The molecule has 1 aliphatic rings. The minimum absolute atomic E-state index is 0.0752. The summed E-state index contributed by atoms with van der Waals surface area (Å²) in [6.45, 7) is 3.61. The van der Waals surface area contributed by atoms with Crippen LogP contribution in [0.4, 0.5) is 0 Å². The van der Waals surface area contributed by atoms with E-state index >= 15 is 0 Å². The zero-order valence-electron chi connectivity index (χ0n) is 11.7. The molecule has 1 saturated heterocycles. The molecular weight excluding hydrogens is 232 g/mol. The standard InChI is InChI=1S/C12H26N4O2/c1-16(2)12(4-7-18-8-5-12)10-15-11(13)14-6-9-17-3/h4-10H2,1-3H3,(H3,13,14,15). The molecule has 0 aromatic rings. The highest BCUT2D eigenvalue weighted by molar-refractivity contribution is 5.77. The van der Waals surface area contributed by atoms with E-state index in [2.05, 4.69) is 29.3 Å². The van der Waals surface area contributed by atoms with Gasteiger partial charge >= 0.3 is 0 Å². The fraction of sp³-hybridized carbons (Fsp3) is 0.917. The third kappa shape index (κ3) is 4.44. The highest BCUT2D eigenvalue weighted by Gasteiger charge is 2.34. The van der Waals surface area contributed by atoms with Crippen LogP contribution in [0.2, 0.25) is 0 Å². The number of nitrogens with zero attached hydrogens (tertiary/aromatic N) is 2. The molecule has 0 amide bonds. The average Bonchev–Trinajstić information content (AvgIpc) is 2.37. The van der Waals surface area contributed by atoms with Crippen LogP contribution in [0.5, 0.6) is 0 Å². The zero-order valence-corrected chi connectivity index (χ0v) is 11.7. The molecular formula is C12H26N4O2. The number of guanidine groups is 1. The summed E-state index contributed by atoms with van der Waals surface area (Å²) in [4.78, 5) is 6.68. The molecule has 0 aromatic carbocycles. The highest BCUT2D eigenvalue weighted by atomic mass is 16.5. The molecule has 0 aliphatic carbocycles. The summed E-state index contributed by atoms with van der Waals surface area (Å²) in [6.07, 6.45) is 1.99. The van der Waals surface area contributed by atoms with Crippen molar-refractivity contribution >= 4 is 5.96 Å². The van der Waals surface area contributed by atoms with Crippen LogP contribution in [0.15, 0.2) is 4.99 Å². The molecule has 1 rings (SSSR count). The minimum Gasteiger partial charge on any atom is -0.383 e. The lowest BCUT2D eigenvalue weighted by molar-refractivity contribution is -0.00252. The van der Waals surface area contributed by atoms with E-state index in [0.29, 0.717) is 25.7 Å². The van der Waals surface area contributed by atoms with Crippen LogP contribution in [0, 0.1) is 0 Å². The van der Waals surface area contributed by atoms with Gasteiger partial charge in [0.15, 0.2) is 5.96 Å². The van der Waals surface area contributed by atoms with Crippen molar-refractivity contribution in [3.8, 4) is 0 Å². The number of hydrogen-bond donors (Lipinski definition) is 2. The van der Waals surface area contributed by atoms with Crippen molar-refractivity contribution in [2.45, 2.75) is 18.4 Å². The molecule has 0 saturated carbocycles. The first-order valence-electron chi connectivity index (χ1n) is 6.39. The summed E-state index contributed by atoms with van der Waals surface area (Å²) >= 11 is 0. The van der Waals surface area contributed by atoms with Crippen molar-refractivity contribution in [1.82, 2.24) is 10.2 Å². The van der Waals surface area contributed by atoms with Gasteiger partial charge in [-0.3, -0.25) is 4.99 Å². The Kier molecular flexibility index (Phi) is 6.38. The van der Waals surface area contributed by atoms with Gasteiger partial charge < -0.3 is 25.4 Å². The first-order valence-corrected chi connectivity index (χ1v) is 6.39. The lowest BCUT2D eigenvalue weighted by Gasteiger charge is -2.41. The van der Waals surface area contributed by atoms with Crippen LogP contribution in [-0.4, -0.2) is 70.5 Å². The number of ether oxygens (including phenoxy) is 2. The molecule has 1 aliphatic heterocycles. The van der Waals surface area contributed by atoms with Gasteiger partial charge in [-0.1, -0.05) is 0 Å². The predicted octanol–water partition coefficient (Wildman–Crippen LogP) is -0.352. The SMILES string of the molecule is COCCNC(N)=NCC1(N(C)C)CCOCC1. The van der Waals surface area contributed by atoms with Crippen LogP contribution < -0.4 is 11.1 Å². The molecule has 3 N–H and O–H groups in total. The normalized spacial score (nSPS) is 20.1. The molecule has 1 fully saturated rings. The van der Waals surface area contributed by atoms with Gasteiger partial charge in [0.05, 0.1) is 13.2 Å². The number of nitrogens with one attached hydrogen (secondary N) is 1. The maximum Gasteiger partial charge on any atom is 0.188 e. The third-order valence-electron chi connectivity index (χ3n) is 3.53. The van der Waals surface area contributed by atoms with Gasteiger partial charge in [-0.15, -0.1) is 0 Å². The first-order chi connectivity index (χ1) is 8.60.